The van der Waals surface area contributed by atoms with Crippen molar-refractivity contribution < 1.29 is 14.3 Å². The highest BCUT2D eigenvalue weighted by molar-refractivity contribution is 5.92. The molecule has 1 aromatic carbocycles. The van der Waals surface area contributed by atoms with Gasteiger partial charge < -0.3 is 19.9 Å². The number of hydrogen-bond donors (Lipinski definition) is 2. The molecule has 0 saturated carbocycles. The number of rotatable bonds is 14. The van der Waals surface area contributed by atoms with Crippen LogP contribution in [-0.2, 0) is 16.0 Å². The number of amides is 2. The van der Waals surface area contributed by atoms with E-state index in [1.165, 1.54) is 0 Å². The molecule has 35 heavy (non-hydrogen) atoms. The van der Waals surface area contributed by atoms with Gasteiger partial charge >= 0.3 is 6.09 Å². The van der Waals surface area contributed by atoms with Gasteiger partial charge in [0.05, 0.1) is 0 Å². The van der Waals surface area contributed by atoms with Crippen LogP contribution in [0.2, 0.25) is 0 Å². The quantitative estimate of drug-likeness (QED) is 0.230. The van der Waals surface area contributed by atoms with Gasteiger partial charge in [0.25, 0.3) is 0 Å². The van der Waals surface area contributed by atoms with E-state index in [1.807, 2.05) is 56.1 Å². The largest absolute Gasteiger partial charge is 0.444 e. The van der Waals surface area contributed by atoms with Crippen molar-refractivity contribution in [3.8, 4) is 0 Å². The molecular formula is C29H45N3O3. The van der Waals surface area contributed by atoms with Crippen molar-refractivity contribution in [3.05, 3.63) is 48.7 Å². The monoisotopic (exact) mass is 483 g/mol. The van der Waals surface area contributed by atoms with E-state index < -0.39 is 17.2 Å². The van der Waals surface area contributed by atoms with Crippen molar-refractivity contribution in [2.45, 2.75) is 97.1 Å². The normalized spacial score (nSPS) is 13.3. The van der Waals surface area contributed by atoms with Gasteiger partial charge in [0.2, 0.25) is 5.91 Å². The number of nitrogens with zero attached hydrogens (tertiary/aromatic N) is 1. The fraction of sp³-hybridized carbons (Fsp3) is 0.586. The van der Waals surface area contributed by atoms with Crippen molar-refractivity contribution in [2.24, 2.45) is 0 Å². The van der Waals surface area contributed by atoms with Gasteiger partial charge in [0.15, 0.2) is 0 Å². The molecule has 2 rings (SSSR count). The topological polar surface area (TPSA) is 74.4 Å². The molecule has 2 aromatic rings. The van der Waals surface area contributed by atoms with E-state index in [9.17, 15) is 9.59 Å². The van der Waals surface area contributed by atoms with Crippen molar-refractivity contribution in [2.75, 3.05) is 13.1 Å². The van der Waals surface area contributed by atoms with Crippen LogP contribution in [0.15, 0.2) is 43.1 Å². The minimum atomic E-state index is -1.19. The zero-order chi connectivity index (χ0) is 25.9. The van der Waals surface area contributed by atoms with Crippen molar-refractivity contribution >= 4 is 22.9 Å². The number of carbonyl (C=O) groups excluding carboxylic acids is 2. The van der Waals surface area contributed by atoms with Gasteiger partial charge in [-0.05, 0) is 51.7 Å². The third kappa shape index (κ3) is 8.44. The fourth-order valence-electron chi connectivity index (χ4n) is 4.46. The second-order valence-corrected chi connectivity index (χ2v) is 10.4. The molecule has 0 aliphatic heterocycles. The molecule has 6 heteroatoms. The number of para-hydroxylation sites is 1. The molecule has 1 unspecified atom stereocenters. The third-order valence-electron chi connectivity index (χ3n) is 6.16. The first kappa shape index (κ1) is 28.5. The van der Waals surface area contributed by atoms with E-state index in [2.05, 4.69) is 30.7 Å². The maximum atomic E-state index is 14.3. The van der Waals surface area contributed by atoms with Gasteiger partial charge in [-0.15, -0.1) is 6.58 Å². The van der Waals surface area contributed by atoms with Gasteiger partial charge in [0.1, 0.15) is 11.1 Å². The van der Waals surface area contributed by atoms with Crippen LogP contribution in [0.1, 0.15) is 85.1 Å². The lowest BCUT2D eigenvalue weighted by Gasteiger charge is -2.38. The minimum Gasteiger partial charge on any atom is -0.444 e. The molecule has 0 aliphatic carbocycles. The molecule has 0 aliphatic rings. The summed E-state index contributed by atoms with van der Waals surface area (Å²) in [5.41, 5.74) is 0.125. The second-order valence-electron chi connectivity index (χ2n) is 10.4. The Balaban J connectivity index is 2.48. The molecule has 2 N–H and O–H groups in total. The van der Waals surface area contributed by atoms with Gasteiger partial charge in [0, 0.05) is 36.6 Å². The van der Waals surface area contributed by atoms with E-state index in [-0.39, 0.29) is 5.91 Å². The van der Waals surface area contributed by atoms with Crippen LogP contribution in [-0.4, -0.2) is 46.1 Å². The SMILES string of the molecule is C=CCC(Cc1c[nH]c2ccccc12)(NC(=O)OC(C)(C)C)C(=O)N(CCCCC)CCCCC. The van der Waals surface area contributed by atoms with Crippen LogP contribution < -0.4 is 5.32 Å². The number of nitrogens with one attached hydrogen (secondary N) is 2. The number of carbonyl (C=O) groups is 2. The molecule has 1 aromatic heterocycles. The molecule has 0 radical (unpaired) electrons. The molecule has 0 spiro atoms. The van der Waals surface area contributed by atoms with E-state index in [1.54, 1.807) is 6.08 Å². The van der Waals surface area contributed by atoms with Crippen LogP contribution in [0, 0.1) is 0 Å². The summed E-state index contributed by atoms with van der Waals surface area (Å²) < 4.78 is 5.61. The summed E-state index contributed by atoms with van der Waals surface area (Å²) in [7, 11) is 0. The molecule has 2 amide bonds. The summed E-state index contributed by atoms with van der Waals surface area (Å²) in [6.45, 7) is 15.1. The van der Waals surface area contributed by atoms with Crippen molar-refractivity contribution in [1.82, 2.24) is 15.2 Å². The van der Waals surface area contributed by atoms with E-state index in [4.69, 9.17) is 4.74 Å². The summed E-state index contributed by atoms with van der Waals surface area (Å²) in [6.07, 6.45) is 9.90. The molecule has 0 saturated heterocycles. The Labute approximate surface area is 211 Å². The van der Waals surface area contributed by atoms with Crippen LogP contribution in [0.5, 0.6) is 0 Å². The van der Waals surface area contributed by atoms with Crippen LogP contribution in [0.25, 0.3) is 10.9 Å². The zero-order valence-electron chi connectivity index (χ0n) is 22.4. The summed E-state index contributed by atoms with van der Waals surface area (Å²) >= 11 is 0. The maximum absolute atomic E-state index is 14.3. The molecule has 1 heterocycles. The number of H-pyrrole nitrogens is 1. The number of fused-ring (bicyclic) bond motifs is 1. The Hall–Kier alpha value is -2.76. The number of ether oxygens (including phenoxy) is 1. The van der Waals surface area contributed by atoms with Crippen LogP contribution in [0.4, 0.5) is 4.79 Å². The highest BCUT2D eigenvalue weighted by Gasteiger charge is 2.43. The first-order valence-electron chi connectivity index (χ1n) is 13.1. The Kier molecular flexibility index (Phi) is 10.9. The summed E-state index contributed by atoms with van der Waals surface area (Å²) in [6, 6.07) is 8.02. The van der Waals surface area contributed by atoms with Crippen LogP contribution in [0.3, 0.4) is 0 Å². The number of hydrogen-bond acceptors (Lipinski definition) is 3. The van der Waals surface area contributed by atoms with Crippen molar-refractivity contribution in [3.63, 3.8) is 0 Å². The number of aromatic nitrogens is 1. The smallest absolute Gasteiger partial charge is 0.408 e. The first-order chi connectivity index (χ1) is 16.7. The van der Waals surface area contributed by atoms with Gasteiger partial charge in [-0.25, -0.2) is 4.79 Å². The lowest BCUT2D eigenvalue weighted by molar-refractivity contribution is -0.138. The highest BCUT2D eigenvalue weighted by atomic mass is 16.6. The summed E-state index contributed by atoms with van der Waals surface area (Å²) in [4.78, 5) is 32.6. The molecule has 0 bridgehead atoms. The molecular weight excluding hydrogens is 438 g/mol. The third-order valence-corrected chi connectivity index (χ3v) is 6.16. The summed E-state index contributed by atoms with van der Waals surface area (Å²) in [5.74, 6) is -0.0688. The highest BCUT2D eigenvalue weighted by Crippen LogP contribution is 2.28. The standard InChI is InChI=1S/C29H45N3O3/c1-7-10-14-19-32(20-15-11-8-2)26(33)29(18-9-3,31-27(34)35-28(4,5)6)21-23-22-30-25-17-13-12-16-24(23)25/h9,12-13,16-17,22,30H,3,7-8,10-11,14-15,18-21H2,1-2,4-6H3,(H,31,34). The number of benzene rings is 1. The average Bonchev–Trinajstić information content (AvgIpc) is 3.19. The predicted molar refractivity (Wildman–Crippen MR) is 145 cm³/mol. The molecule has 6 nitrogen and oxygen atoms in total. The lowest BCUT2D eigenvalue weighted by Crippen LogP contribution is -2.61. The van der Waals surface area contributed by atoms with E-state index in [0.29, 0.717) is 25.9 Å². The molecule has 0 fully saturated rings. The number of aromatic amines is 1. The summed E-state index contributed by atoms with van der Waals surface area (Å²) in [5, 5.41) is 4.06. The zero-order valence-corrected chi connectivity index (χ0v) is 22.4. The average molecular weight is 484 g/mol. The Morgan fingerprint density at radius 2 is 1.69 bits per heavy atom. The molecule has 1 atom stereocenters. The van der Waals surface area contributed by atoms with E-state index in [0.717, 1.165) is 55.0 Å². The Morgan fingerprint density at radius 3 is 2.26 bits per heavy atom. The first-order valence-corrected chi connectivity index (χ1v) is 13.1. The predicted octanol–water partition coefficient (Wildman–Crippen LogP) is 6.76. The van der Waals surface area contributed by atoms with Crippen LogP contribution >= 0.6 is 0 Å². The minimum absolute atomic E-state index is 0.0688. The van der Waals surface area contributed by atoms with Gasteiger partial charge in [-0.3, -0.25) is 4.79 Å². The lowest BCUT2D eigenvalue weighted by atomic mass is 9.85. The van der Waals surface area contributed by atoms with Gasteiger partial charge in [-0.1, -0.05) is 63.8 Å². The van der Waals surface area contributed by atoms with E-state index >= 15 is 0 Å². The maximum Gasteiger partial charge on any atom is 0.408 e. The fourth-order valence-corrected chi connectivity index (χ4v) is 4.46. The number of alkyl carbamates (subject to hydrolysis) is 1. The van der Waals surface area contributed by atoms with Gasteiger partial charge in [-0.2, -0.15) is 0 Å². The van der Waals surface area contributed by atoms with Crippen molar-refractivity contribution in [1.29, 1.82) is 0 Å². The Morgan fingerprint density at radius 1 is 1.06 bits per heavy atom. The molecule has 194 valence electrons. The number of unbranched alkanes of at least 4 members (excludes halogenated alkanes) is 4. The second kappa shape index (κ2) is 13.4. The Bertz CT molecular complexity index is 949.